The van der Waals surface area contributed by atoms with E-state index < -0.39 is 36.3 Å². The van der Waals surface area contributed by atoms with E-state index in [1.165, 1.54) is 19.1 Å². The van der Waals surface area contributed by atoms with Gasteiger partial charge in [0.2, 0.25) is 6.17 Å². The van der Waals surface area contributed by atoms with Gasteiger partial charge in [-0.1, -0.05) is 0 Å². The highest BCUT2D eigenvalue weighted by molar-refractivity contribution is 5.96. The lowest BCUT2D eigenvalue weighted by molar-refractivity contribution is -0.151. The summed E-state index contributed by atoms with van der Waals surface area (Å²) >= 11 is 0. The summed E-state index contributed by atoms with van der Waals surface area (Å²) in [5.74, 6) is -2.58. The number of Topliss-reactive ketones (excluding diaryl/α,β-unsaturated/α-hetero) is 1. The zero-order valence-corrected chi connectivity index (χ0v) is 10.2. The lowest BCUT2D eigenvalue weighted by atomic mass is 10.0. The minimum Gasteiger partial charge on any atom is -0.464 e. The van der Waals surface area contributed by atoms with Gasteiger partial charge in [-0.2, -0.15) is 0 Å². The van der Waals surface area contributed by atoms with Crippen LogP contribution in [-0.2, 0) is 9.53 Å². The predicted octanol–water partition coefficient (Wildman–Crippen LogP) is 2.64. The van der Waals surface area contributed by atoms with Crippen LogP contribution in [0.1, 0.15) is 23.7 Å². The van der Waals surface area contributed by atoms with Gasteiger partial charge in [-0.05, 0) is 31.2 Å². The van der Waals surface area contributed by atoms with Crippen molar-refractivity contribution in [3.05, 3.63) is 35.6 Å². The first-order chi connectivity index (χ1) is 8.95. The topological polar surface area (TPSA) is 43.4 Å². The Morgan fingerprint density at radius 3 is 2.32 bits per heavy atom. The first-order valence-electron chi connectivity index (χ1n) is 5.69. The molecular weight excluding hydrogens is 261 g/mol. The van der Waals surface area contributed by atoms with Gasteiger partial charge in [0.15, 0.2) is 5.78 Å². The molecule has 104 valence electrons. The van der Waals surface area contributed by atoms with Crippen LogP contribution >= 0.6 is 0 Å². The third-order valence-electron chi connectivity index (χ3n) is 2.38. The summed E-state index contributed by atoms with van der Waals surface area (Å²) < 4.78 is 43.6. The smallest absolute Gasteiger partial charge is 0.343 e. The van der Waals surface area contributed by atoms with Crippen molar-refractivity contribution in [2.45, 2.75) is 25.7 Å². The average molecular weight is 274 g/mol. The Hall–Kier alpha value is -1.85. The third kappa shape index (κ3) is 4.39. The molecule has 0 aromatic heterocycles. The summed E-state index contributed by atoms with van der Waals surface area (Å²) in [5.41, 5.74) is 0.0557. The molecule has 19 heavy (non-hydrogen) atoms. The minimum absolute atomic E-state index is 0.0557. The van der Waals surface area contributed by atoms with Gasteiger partial charge in [0, 0.05) is 12.0 Å². The quantitative estimate of drug-likeness (QED) is 0.591. The number of carbonyl (C=O) groups is 2. The number of hydrogen-bond donors (Lipinski definition) is 0. The average Bonchev–Trinajstić information content (AvgIpc) is 2.38. The van der Waals surface area contributed by atoms with E-state index in [1.807, 2.05) is 0 Å². The zero-order valence-electron chi connectivity index (χ0n) is 10.2. The van der Waals surface area contributed by atoms with Crippen molar-refractivity contribution in [1.29, 1.82) is 0 Å². The Morgan fingerprint density at radius 1 is 1.21 bits per heavy atom. The number of esters is 1. The molecule has 0 saturated heterocycles. The van der Waals surface area contributed by atoms with Crippen LogP contribution in [0.3, 0.4) is 0 Å². The van der Waals surface area contributed by atoms with Crippen molar-refractivity contribution in [3.8, 4) is 0 Å². The van der Waals surface area contributed by atoms with Gasteiger partial charge in [-0.3, -0.25) is 4.79 Å². The molecule has 1 aromatic rings. The Balaban J connectivity index is 2.61. The normalized spacial score (nSPS) is 13.7. The monoisotopic (exact) mass is 274 g/mol. The van der Waals surface area contributed by atoms with Crippen LogP contribution in [0.5, 0.6) is 0 Å². The van der Waals surface area contributed by atoms with Gasteiger partial charge in [0.25, 0.3) is 0 Å². The van der Waals surface area contributed by atoms with Crippen LogP contribution in [0.2, 0.25) is 0 Å². The molecule has 3 nitrogen and oxygen atoms in total. The number of alkyl halides is 2. The summed E-state index contributed by atoms with van der Waals surface area (Å²) in [4.78, 5) is 22.5. The fourth-order valence-electron chi connectivity index (χ4n) is 1.40. The molecule has 1 rings (SSSR count). The lowest BCUT2D eigenvalue weighted by Gasteiger charge is -2.11. The highest BCUT2D eigenvalue weighted by Crippen LogP contribution is 2.15. The van der Waals surface area contributed by atoms with Gasteiger partial charge >= 0.3 is 5.97 Å². The summed E-state index contributed by atoms with van der Waals surface area (Å²) in [5, 5.41) is 0. The zero-order chi connectivity index (χ0) is 14.4. The van der Waals surface area contributed by atoms with E-state index in [4.69, 9.17) is 0 Å². The number of halogens is 3. The fraction of sp³-hybridized carbons (Fsp3) is 0.385. The Morgan fingerprint density at radius 2 is 1.79 bits per heavy atom. The molecule has 0 aliphatic rings. The number of ketones is 1. The summed E-state index contributed by atoms with van der Waals surface area (Å²) in [6.45, 7) is 1.39. The maximum atomic E-state index is 13.4. The minimum atomic E-state index is -2.50. The van der Waals surface area contributed by atoms with Crippen molar-refractivity contribution in [1.82, 2.24) is 0 Å². The Labute approximate surface area is 108 Å². The molecule has 0 N–H and O–H groups in total. The first-order valence-corrected chi connectivity index (χ1v) is 5.69. The molecule has 1 aromatic carbocycles. The summed E-state index contributed by atoms with van der Waals surface area (Å²) in [6.07, 6.45) is -5.58. The molecule has 0 spiro atoms. The van der Waals surface area contributed by atoms with Gasteiger partial charge in [-0.25, -0.2) is 18.0 Å². The number of carbonyl (C=O) groups excluding carboxylic acids is 2. The van der Waals surface area contributed by atoms with E-state index in [1.54, 1.807) is 0 Å². The Bertz CT molecular complexity index is 445. The molecule has 0 saturated carbocycles. The highest BCUT2D eigenvalue weighted by atomic mass is 19.2. The molecule has 0 bridgehead atoms. The van der Waals surface area contributed by atoms with Gasteiger partial charge < -0.3 is 4.74 Å². The van der Waals surface area contributed by atoms with Crippen LogP contribution in [0.4, 0.5) is 13.2 Å². The maximum absolute atomic E-state index is 13.4. The number of ether oxygens (including phenoxy) is 1. The van der Waals surface area contributed by atoms with Crippen molar-refractivity contribution >= 4 is 11.8 Å². The van der Waals surface area contributed by atoms with E-state index in [0.29, 0.717) is 0 Å². The molecule has 2 unspecified atom stereocenters. The second-order valence-electron chi connectivity index (χ2n) is 3.80. The van der Waals surface area contributed by atoms with E-state index >= 15 is 0 Å². The Kier molecular flexibility index (Phi) is 5.54. The van der Waals surface area contributed by atoms with Gasteiger partial charge in [0.1, 0.15) is 12.0 Å². The lowest BCUT2D eigenvalue weighted by Crippen LogP contribution is -2.30. The number of rotatable bonds is 6. The molecule has 0 fully saturated rings. The van der Waals surface area contributed by atoms with E-state index in [9.17, 15) is 22.8 Å². The van der Waals surface area contributed by atoms with Crippen LogP contribution in [0.25, 0.3) is 0 Å². The van der Waals surface area contributed by atoms with Crippen molar-refractivity contribution < 1.29 is 27.5 Å². The van der Waals surface area contributed by atoms with Gasteiger partial charge in [0.05, 0.1) is 6.61 Å². The summed E-state index contributed by atoms with van der Waals surface area (Å²) in [7, 11) is 0. The van der Waals surface area contributed by atoms with Crippen molar-refractivity contribution in [2.24, 2.45) is 0 Å². The second kappa shape index (κ2) is 6.92. The molecule has 0 aliphatic carbocycles. The molecule has 0 radical (unpaired) electrons. The third-order valence-corrected chi connectivity index (χ3v) is 2.38. The van der Waals surface area contributed by atoms with E-state index in [-0.39, 0.29) is 12.2 Å². The van der Waals surface area contributed by atoms with Crippen LogP contribution in [0, 0.1) is 5.82 Å². The van der Waals surface area contributed by atoms with Gasteiger partial charge in [-0.15, -0.1) is 0 Å². The van der Waals surface area contributed by atoms with E-state index in [2.05, 4.69) is 4.74 Å². The van der Waals surface area contributed by atoms with Crippen molar-refractivity contribution in [2.75, 3.05) is 6.61 Å². The van der Waals surface area contributed by atoms with Crippen LogP contribution in [-0.4, -0.2) is 30.7 Å². The molecule has 0 amide bonds. The van der Waals surface area contributed by atoms with Crippen LogP contribution < -0.4 is 0 Å². The molecular formula is C13H13F3O3. The molecule has 6 heteroatoms. The molecule has 0 aliphatic heterocycles. The summed E-state index contributed by atoms with van der Waals surface area (Å²) in [6, 6.07) is 4.42. The number of benzene rings is 1. The largest absolute Gasteiger partial charge is 0.464 e. The second-order valence-corrected chi connectivity index (χ2v) is 3.80. The van der Waals surface area contributed by atoms with Crippen LogP contribution in [0.15, 0.2) is 24.3 Å². The molecule has 2 atom stereocenters. The van der Waals surface area contributed by atoms with Crippen molar-refractivity contribution in [3.63, 3.8) is 0 Å². The number of hydrogen-bond acceptors (Lipinski definition) is 3. The van der Waals surface area contributed by atoms with E-state index in [0.717, 1.165) is 12.1 Å². The first kappa shape index (κ1) is 15.2. The standard InChI is InChI=1S/C13H13F3O3/c1-2-19-13(18)12(16)10(15)7-11(17)8-3-5-9(14)6-4-8/h3-6,10,12H,2,7H2,1H3. The predicted molar refractivity (Wildman–Crippen MR) is 61.8 cm³/mol. The molecule has 0 heterocycles. The maximum Gasteiger partial charge on any atom is 0.343 e. The SMILES string of the molecule is CCOC(=O)C(F)C(F)CC(=O)c1ccc(F)cc1. The fourth-order valence-corrected chi connectivity index (χ4v) is 1.40. The highest BCUT2D eigenvalue weighted by Gasteiger charge is 2.31.